The molecule has 0 fully saturated rings. The summed E-state index contributed by atoms with van der Waals surface area (Å²) in [5, 5.41) is 3.55. The molecule has 0 aliphatic carbocycles. The molecule has 2 unspecified atom stereocenters. The fourth-order valence-corrected chi connectivity index (χ4v) is 3.67. The lowest BCUT2D eigenvalue weighted by atomic mass is 9.82. The number of nitrogens with one attached hydrogen (secondary N) is 1. The first-order chi connectivity index (χ1) is 9.69. The quantitative estimate of drug-likeness (QED) is 0.672. The van der Waals surface area contributed by atoms with Crippen LogP contribution in [-0.4, -0.2) is 12.6 Å². The van der Waals surface area contributed by atoms with Crippen molar-refractivity contribution in [1.29, 1.82) is 0 Å². The summed E-state index contributed by atoms with van der Waals surface area (Å²) in [4.78, 5) is 0. The molecule has 3 heteroatoms. The molecule has 1 aromatic rings. The van der Waals surface area contributed by atoms with Crippen molar-refractivity contribution in [2.45, 2.75) is 59.9 Å². The zero-order valence-corrected chi connectivity index (χ0v) is 15.6. The molecule has 0 spiro atoms. The second-order valence-electron chi connectivity index (χ2n) is 7.34. The standard InChI is InChI=1S/C18H29BrFN/c1-6-21-17(7-13(2)12-18(3,4)5)10-14-8-15(19)11-16(20)9-14/h8-9,11,13,17,21H,6-7,10,12H2,1-5H3. The molecule has 1 nitrogen and oxygen atoms in total. The fourth-order valence-electron chi connectivity index (χ4n) is 3.16. The molecule has 1 aromatic carbocycles. The third-order valence-electron chi connectivity index (χ3n) is 3.54. The lowest BCUT2D eigenvalue weighted by Gasteiger charge is -2.27. The van der Waals surface area contributed by atoms with E-state index in [-0.39, 0.29) is 5.82 Å². The first-order valence-electron chi connectivity index (χ1n) is 7.88. The third-order valence-corrected chi connectivity index (χ3v) is 4.00. The second-order valence-corrected chi connectivity index (χ2v) is 8.26. The smallest absolute Gasteiger partial charge is 0.124 e. The van der Waals surface area contributed by atoms with Crippen LogP contribution in [0.15, 0.2) is 22.7 Å². The van der Waals surface area contributed by atoms with Gasteiger partial charge in [0.2, 0.25) is 0 Å². The minimum absolute atomic E-state index is 0.169. The van der Waals surface area contributed by atoms with Gasteiger partial charge in [0.25, 0.3) is 0 Å². The van der Waals surface area contributed by atoms with Gasteiger partial charge in [0.1, 0.15) is 5.82 Å². The Bertz CT molecular complexity index is 419. The van der Waals surface area contributed by atoms with Gasteiger partial charge in [-0.15, -0.1) is 0 Å². The van der Waals surface area contributed by atoms with E-state index < -0.39 is 0 Å². The van der Waals surface area contributed by atoms with Gasteiger partial charge in [-0.1, -0.05) is 50.5 Å². The lowest BCUT2D eigenvalue weighted by Crippen LogP contribution is -2.33. The Labute approximate surface area is 137 Å². The summed E-state index contributed by atoms with van der Waals surface area (Å²) in [5.41, 5.74) is 1.41. The van der Waals surface area contributed by atoms with Crippen molar-refractivity contribution in [1.82, 2.24) is 5.32 Å². The number of halogens is 2. The molecular formula is C18H29BrFN. The molecule has 0 saturated heterocycles. The first kappa shape index (κ1) is 18.6. The van der Waals surface area contributed by atoms with E-state index in [2.05, 4.69) is 55.9 Å². The predicted octanol–water partition coefficient (Wildman–Crippen LogP) is 5.57. The molecule has 120 valence electrons. The van der Waals surface area contributed by atoms with Crippen molar-refractivity contribution < 1.29 is 4.39 Å². The summed E-state index contributed by atoms with van der Waals surface area (Å²) in [6.45, 7) is 12.3. The van der Waals surface area contributed by atoms with Crippen LogP contribution in [0.5, 0.6) is 0 Å². The highest BCUT2D eigenvalue weighted by Gasteiger charge is 2.19. The molecule has 2 atom stereocenters. The predicted molar refractivity (Wildman–Crippen MR) is 93.1 cm³/mol. The van der Waals surface area contributed by atoms with E-state index in [4.69, 9.17) is 0 Å². The minimum Gasteiger partial charge on any atom is -0.314 e. The molecule has 1 rings (SSSR count). The van der Waals surface area contributed by atoms with Crippen LogP contribution in [0.2, 0.25) is 0 Å². The van der Waals surface area contributed by atoms with Gasteiger partial charge in [-0.05, 0) is 60.9 Å². The summed E-state index contributed by atoms with van der Waals surface area (Å²) in [5.74, 6) is 0.489. The summed E-state index contributed by atoms with van der Waals surface area (Å²) >= 11 is 3.37. The monoisotopic (exact) mass is 357 g/mol. The van der Waals surface area contributed by atoms with Gasteiger partial charge >= 0.3 is 0 Å². The highest BCUT2D eigenvalue weighted by atomic mass is 79.9. The largest absolute Gasteiger partial charge is 0.314 e. The van der Waals surface area contributed by atoms with Gasteiger partial charge in [-0.2, -0.15) is 0 Å². The van der Waals surface area contributed by atoms with Gasteiger partial charge in [0.05, 0.1) is 0 Å². The van der Waals surface area contributed by atoms with Gasteiger partial charge in [-0.25, -0.2) is 4.39 Å². The van der Waals surface area contributed by atoms with Crippen LogP contribution in [0, 0.1) is 17.2 Å². The zero-order valence-electron chi connectivity index (χ0n) is 14.0. The maximum atomic E-state index is 13.5. The topological polar surface area (TPSA) is 12.0 Å². The van der Waals surface area contributed by atoms with Crippen LogP contribution in [0.4, 0.5) is 4.39 Å². The Morgan fingerprint density at radius 3 is 2.43 bits per heavy atom. The van der Waals surface area contributed by atoms with Crippen molar-refractivity contribution >= 4 is 15.9 Å². The zero-order chi connectivity index (χ0) is 16.0. The number of likely N-dealkylation sites (N-methyl/N-ethyl adjacent to an activating group) is 1. The Kier molecular flexibility index (Phi) is 7.35. The summed E-state index contributed by atoms with van der Waals surface area (Å²) < 4.78 is 14.3. The number of benzene rings is 1. The lowest BCUT2D eigenvalue weighted by molar-refractivity contribution is 0.275. The Hall–Kier alpha value is -0.410. The number of hydrogen-bond donors (Lipinski definition) is 1. The maximum Gasteiger partial charge on any atom is 0.124 e. The molecule has 0 aliphatic heterocycles. The summed E-state index contributed by atoms with van der Waals surface area (Å²) in [6, 6.07) is 5.57. The Balaban J connectivity index is 2.68. The summed E-state index contributed by atoms with van der Waals surface area (Å²) in [6.07, 6.45) is 3.21. The molecule has 21 heavy (non-hydrogen) atoms. The van der Waals surface area contributed by atoms with Gasteiger partial charge in [-0.3, -0.25) is 0 Å². The molecule has 0 aromatic heterocycles. The highest BCUT2D eigenvalue weighted by Crippen LogP contribution is 2.27. The molecule has 0 heterocycles. The van der Waals surface area contributed by atoms with E-state index >= 15 is 0 Å². The van der Waals surface area contributed by atoms with Gasteiger partial charge in [0.15, 0.2) is 0 Å². The van der Waals surface area contributed by atoms with Crippen LogP contribution in [0.25, 0.3) is 0 Å². The molecule has 1 N–H and O–H groups in total. The molecule has 0 bridgehead atoms. The van der Waals surface area contributed by atoms with E-state index in [1.807, 2.05) is 6.07 Å². The van der Waals surface area contributed by atoms with E-state index in [9.17, 15) is 4.39 Å². The van der Waals surface area contributed by atoms with E-state index in [0.717, 1.165) is 29.4 Å². The number of hydrogen-bond acceptors (Lipinski definition) is 1. The molecule has 0 aliphatic rings. The third kappa shape index (κ3) is 7.96. The molecule has 0 radical (unpaired) electrons. The Morgan fingerprint density at radius 1 is 1.24 bits per heavy atom. The second kappa shape index (κ2) is 8.28. The minimum atomic E-state index is -0.169. The van der Waals surface area contributed by atoms with Crippen LogP contribution in [0.3, 0.4) is 0 Å². The molecule has 0 saturated carbocycles. The van der Waals surface area contributed by atoms with Crippen LogP contribution >= 0.6 is 15.9 Å². The van der Waals surface area contributed by atoms with Crippen LogP contribution < -0.4 is 5.32 Å². The van der Waals surface area contributed by atoms with Crippen LogP contribution in [-0.2, 0) is 6.42 Å². The number of rotatable bonds is 7. The first-order valence-corrected chi connectivity index (χ1v) is 8.67. The van der Waals surface area contributed by atoms with Gasteiger partial charge in [0, 0.05) is 10.5 Å². The van der Waals surface area contributed by atoms with Crippen molar-refractivity contribution in [3.05, 3.63) is 34.1 Å². The fraction of sp³-hybridized carbons (Fsp3) is 0.667. The molecular weight excluding hydrogens is 329 g/mol. The maximum absolute atomic E-state index is 13.5. The van der Waals surface area contributed by atoms with Gasteiger partial charge < -0.3 is 5.32 Å². The van der Waals surface area contributed by atoms with Crippen molar-refractivity contribution in [2.24, 2.45) is 11.3 Å². The van der Waals surface area contributed by atoms with Crippen molar-refractivity contribution in [3.8, 4) is 0 Å². The van der Waals surface area contributed by atoms with Crippen molar-refractivity contribution in [3.63, 3.8) is 0 Å². The van der Waals surface area contributed by atoms with E-state index in [0.29, 0.717) is 17.4 Å². The van der Waals surface area contributed by atoms with E-state index in [1.54, 1.807) is 6.07 Å². The SMILES string of the molecule is CCNC(Cc1cc(F)cc(Br)c1)CC(C)CC(C)(C)C. The average Bonchev–Trinajstić information content (AvgIpc) is 2.24. The van der Waals surface area contributed by atoms with Crippen molar-refractivity contribution in [2.75, 3.05) is 6.54 Å². The van der Waals surface area contributed by atoms with Crippen LogP contribution in [0.1, 0.15) is 53.0 Å². The normalized spacial score (nSPS) is 15.0. The average molecular weight is 358 g/mol. The Morgan fingerprint density at radius 2 is 1.90 bits per heavy atom. The molecule has 0 amide bonds. The van der Waals surface area contributed by atoms with E-state index in [1.165, 1.54) is 12.5 Å². The summed E-state index contributed by atoms with van der Waals surface area (Å²) in [7, 11) is 0. The highest BCUT2D eigenvalue weighted by molar-refractivity contribution is 9.10.